The van der Waals surface area contributed by atoms with Crippen LogP contribution in [0, 0.1) is 6.92 Å². The van der Waals surface area contributed by atoms with Gasteiger partial charge in [0.15, 0.2) is 0 Å². The number of rotatable bonds is 6. The van der Waals surface area contributed by atoms with Crippen molar-refractivity contribution in [1.29, 1.82) is 0 Å². The van der Waals surface area contributed by atoms with E-state index >= 15 is 0 Å². The quantitative estimate of drug-likeness (QED) is 0.860. The summed E-state index contributed by atoms with van der Waals surface area (Å²) >= 11 is 1.34. The summed E-state index contributed by atoms with van der Waals surface area (Å²) in [6.45, 7) is 4.50. The highest BCUT2D eigenvalue weighted by Gasteiger charge is 2.19. The molecule has 0 bridgehead atoms. The van der Waals surface area contributed by atoms with E-state index in [9.17, 15) is 4.79 Å². The zero-order valence-electron chi connectivity index (χ0n) is 12.6. The van der Waals surface area contributed by atoms with Crippen LogP contribution in [0.25, 0.3) is 10.2 Å². The number of fused-ring (bicyclic) bond motifs is 1. The van der Waals surface area contributed by atoms with E-state index in [4.69, 9.17) is 10.5 Å². The van der Waals surface area contributed by atoms with E-state index in [2.05, 4.69) is 17.2 Å². The molecule has 0 saturated heterocycles. The number of hydrogen-bond acceptors (Lipinski definition) is 5. The maximum atomic E-state index is 12.4. The van der Waals surface area contributed by atoms with Gasteiger partial charge in [-0.25, -0.2) is 4.98 Å². The molecule has 0 aromatic carbocycles. The molecule has 21 heavy (non-hydrogen) atoms. The number of thiophene rings is 1. The molecule has 6 heteroatoms. The minimum Gasteiger partial charge on any atom is -0.397 e. The number of aromatic nitrogens is 1. The lowest BCUT2D eigenvalue weighted by atomic mass is 10.1. The first kappa shape index (κ1) is 15.7. The number of carbonyl (C=O) groups excluding carboxylic acids is 1. The van der Waals surface area contributed by atoms with E-state index in [-0.39, 0.29) is 11.9 Å². The number of amides is 1. The number of nitrogens with zero attached hydrogens (tertiary/aromatic N) is 1. The molecule has 0 aliphatic heterocycles. The third-order valence-electron chi connectivity index (χ3n) is 3.28. The molecule has 5 nitrogen and oxygen atoms in total. The maximum absolute atomic E-state index is 12.4. The monoisotopic (exact) mass is 307 g/mol. The average Bonchev–Trinajstić information content (AvgIpc) is 2.76. The van der Waals surface area contributed by atoms with Gasteiger partial charge in [0.25, 0.3) is 5.91 Å². The minimum absolute atomic E-state index is 0.00630. The van der Waals surface area contributed by atoms with Crippen molar-refractivity contribution in [2.75, 3.05) is 19.5 Å². The zero-order valence-corrected chi connectivity index (χ0v) is 13.4. The number of nitrogen functional groups attached to an aromatic ring is 1. The Morgan fingerprint density at radius 1 is 1.52 bits per heavy atom. The number of carbonyl (C=O) groups is 1. The van der Waals surface area contributed by atoms with Crippen LogP contribution in [-0.2, 0) is 4.74 Å². The van der Waals surface area contributed by atoms with Crippen LogP contribution in [0.5, 0.6) is 0 Å². The lowest BCUT2D eigenvalue weighted by Gasteiger charge is -2.16. The zero-order chi connectivity index (χ0) is 15.4. The highest BCUT2D eigenvalue weighted by atomic mass is 32.1. The molecule has 1 unspecified atom stereocenters. The van der Waals surface area contributed by atoms with Gasteiger partial charge in [-0.05, 0) is 25.5 Å². The van der Waals surface area contributed by atoms with Crippen LogP contribution < -0.4 is 11.1 Å². The van der Waals surface area contributed by atoms with Crippen molar-refractivity contribution in [3.63, 3.8) is 0 Å². The molecule has 2 heterocycles. The van der Waals surface area contributed by atoms with Crippen LogP contribution in [-0.4, -0.2) is 30.6 Å². The van der Waals surface area contributed by atoms with Gasteiger partial charge in [-0.1, -0.05) is 13.3 Å². The number of nitrogens with one attached hydrogen (secondary N) is 1. The van der Waals surface area contributed by atoms with E-state index in [0.717, 1.165) is 28.8 Å². The fourth-order valence-corrected chi connectivity index (χ4v) is 3.30. The van der Waals surface area contributed by atoms with Gasteiger partial charge in [-0.15, -0.1) is 11.3 Å². The Bertz CT molecular complexity index is 633. The van der Waals surface area contributed by atoms with Gasteiger partial charge < -0.3 is 15.8 Å². The van der Waals surface area contributed by atoms with Crippen molar-refractivity contribution in [3.05, 3.63) is 22.7 Å². The molecular formula is C15H21N3O2S. The van der Waals surface area contributed by atoms with E-state index in [1.54, 1.807) is 7.11 Å². The maximum Gasteiger partial charge on any atom is 0.263 e. The number of methoxy groups -OCH3 is 1. The number of ether oxygens (including phenoxy) is 1. The SMILES string of the molecule is CCCC(COC)NC(=O)c1sc2nc(C)ccc2c1N. The Hall–Kier alpha value is -1.66. The van der Waals surface area contributed by atoms with Crippen LogP contribution in [0.3, 0.4) is 0 Å². The summed E-state index contributed by atoms with van der Waals surface area (Å²) in [5.74, 6) is -0.149. The molecular weight excluding hydrogens is 286 g/mol. The first-order valence-corrected chi connectivity index (χ1v) is 7.83. The van der Waals surface area contributed by atoms with Crippen LogP contribution in [0.15, 0.2) is 12.1 Å². The third-order valence-corrected chi connectivity index (χ3v) is 4.39. The molecule has 3 N–H and O–H groups in total. The predicted molar refractivity (Wildman–Crippen MR) is 86.8 cm³/mol. The molecule has 0 aliphatic rings. The van der Waals surface area contributed by atoms with Crippen molar-refractivity contribution < 1.29 is 9.53 Å². The van der Waals surface area contributed by atoms with Crippen LogP contribution in [0.4, 0.5) is 5.69 Å². The first-order chi connectivity index (χ1) is 10.1. The molecule has 114 valence electrons. The second-order valence-electron chi connectivity index (χ2n) is 5.06. The summed E-state index contributed by atoms with van der Waals surface area (Å²) in [6, 6.07) is 3.82. The molecule has 2 rings (SSSR count). The smallest absolute Gasteiger partial charge is 0.263 e. The lowest BCUT2D eigenvalue weighted by Crippen LogP contribution is -2.37. The molecule has 0 radical (unpaired) electrons. The van der Waals surface area contributed by atoms with Crippen LogP contribution in [0.1, 0.15) is 35.1 Å². The number of aryl methyl sites for hydroxylation is 1. The van der Waals surface area contributed by atoms with Gasteiger partial charge in [-0.3, -0.25) is 4.79 Å². The molecule has 0 aliphatic carbocycles. The Labute approximate surface area is 128 Å². The number of nitrogens with two attached hydrogens (primary N) is 1. The first-order valence-electron chi connectivity index (χ1n) is 7.02. The Balaban J connectivity index is 2.24. The molecule has 0 saturated carbocycles. The minimum atomic E-state index is -0.149. The highest BCUT2D eigenvalue weighted by molar-refractivity contribution is 7.21. The third kappa shape index (κ3) is 3.51. The Kier molecular flexibility index (Phi) is 5.14. The largest absolute Gasteiger partial charge is 0.397 e. The Morgan fingerprint density at radius 2 is 2.29 bits per heavy atom. The normalized spacial score (nSPS) is 12.5. The van der Waals surface area contributed by atoms with Gasteiger partial charge in [0, 0.05) is 18.2 Å². The molecule has 2 aromatic heterocycles. The average molecular weight is 307 g/mol. The van der Waals surface area contributed by atoms with Gasteiger partial charge >= 0.3 is 0 Å². The standard InChI is InChI=1S/C15H21N3O2S/c1-4-5-10(8-20-3)18-14(19)13-12(16)11-7-6-9(2)17-15(11)21-13/h6-7,10H,4-5,8,16H2,1-3H3,(H,18,19). The molecule has 2 aromatic rings. The fourth-order valence-electron chi connectivity index (χ4n) is 2.26. The van der Waals surface area contributed by atoms with E-state index < -0.39 is 0 Å². The Morgan fingerprint density at radius 3 is 2.95 bits per heavy atom. The number of hydrogen-bond donors (Lipinski definition) is 2. The van der Waals surface area contributed by atoms with Crippen molar-refractivity contribution >= 4 is 33.1 Å². The second-order valence-corrected chi connectivity index (χ2v) is 6.06. The molecule has 0 spiro atoms. The summed E-state index contributed by atoms with van der Waals surface area (Å²) < 4.78 is 5.14. The second kappa shape index (κ2) is 6.87. The summed E-state index contributed by atoms with van der Waals surface area (Å²) in [5.41, 5.74) is 7.51. The number of anilines is 1. The van der Waals surface area contributed by atoms with Crippen molar-refractivity contribution in [2.45, 2.75) is 32.7 Å². The van der Waals surface area contributed by atoms with E-state index in [1.807, 2.05) is 19.1 Å². The number of pyridine rings is 1. The van der Waals surface area contributed by atoms with Crippen molar-refractivity contribution in [3.8, 4) is 0 Å². The van der Waals surface area contributed by atoms with E-state index in [0.29, 0.717) is 17.2 Å². The highest BCUT2D eigenvalue weighted by Crippen LogP contribution is 2.32. The lowest BCUT2D eigenvalue weighted by molar-refractivity contribution is 0.0896. The summed E-state index contributed by atoms with van der Waals surface area (Å²) in [4.78, 5) is 18.2. The van der Waals surface area contributed by atoms with Gasteiger partial charge in [0.2, 0.25) is 0 Å². The molecule has 0 fully saturated rings. The van der Waals surface area contributed by atoms with Gasteiger partial charge in [0.05, 0.1) is 18.3 Å². The van der Waals surface area contributed by atoms with Gasteiger partial charge in [0.1, 0.15) is 9.71 Å². The summed E-state index contributed by atoms with van der Waals surface area (Å²) in [6.07, 6.45) is 1.86. The van der Waals surface area contributed by atoms with E-state index in [1.165, 1.54) is 11.3 Å². The predicted octanol–water partition coefficient (Wildman–Crippen LogP) is 2.73. The van der Waals surface area contributed by atoms with Crippen LogP contribution in [0.2, 0.25) is 0 Å². The topological polar surface area (TPSA) is 77.2 Å². The molecule has 1 amide bonds. The fraction of sp³-hybridized carbons (Fsp3) is 0.467. The van der Waals surface area contributed by atoms with Crippen LogP contribution >= 0.6 is 11.3 Å². The summed E-state index contributed by atoms with van der Waals surface area (Å²) in [5, 5.41) is 3.83. The molecule has 1 atom stereocenters. The van der Waals surface area contributed by atoms with Gasteiger partial charge in [-0.2, -0.15) is 0 Å². The van der Waals surface area contributed by atoms with Crippen molar-refractivity contribution in [2.24, 2.45) is 0 Å². The summed E-state index contributed by atoms with van der Waals surface area (Å²) in [7, 11) is 1.63. The van der Waals surface area contributed by atoms with Crippen molar-refractivity contribution in [1.82, 2.24) is 10.3 Å².